The van der Waals surface area contributed by atoms with Gasteiger partial charge in [0.1, 0.15) is 0 Å². The Balaban J connectivity index is 2.15. The molecule has 0 spiro atoms. The SMILES string of the molecule is Clc1ccc(C=Cc2ccc(Cl)cc2)cc1. The van der Waals surface area contributed by atoms with Crippen LogP contribution in [-0.2, 0) is 0 Å². The van der Waals surface area contributed by atoms with Crippen LogP contribution in [0.4, 0.5) is 0 Å². The maximum absolute atomic E-state index is 5.81. The molecule has 0 fully saturated rings. The Bertz CT molecular complexity index is 434. The van der Waals surface area contributed by atoms with Crippen LogP contribution in [0.3, 0.4) is 0 Å². The zero-order valence-corrected chi connectivity index (χ0v) is 10.0. The van der Waals surface area contributed by atoms with Crippen molar-refractivity contribution < 1.29 is 0 Å². The zero-order valence-electron chi connectivity index (χ0n) is 8.53. The first kappa shape index (κ1) is 11.3. The van der Waals surface area contributed by atoms with Crippen molar-refractivity contribution in [1.29, 1.82) is 0 Å². The van der Waals surface area contributed by atoms with Crippen LogP contribution < -0.4 is 0 Å². The molecule has 2 heteroatoms. The van der Waals surface area contributed by atoms with Gasteiger partial charge in [-0.2, -0.15) is 0 Å². The van der Waals surface area contributed by atoms with E-state index >= 15 is 0 Å². The van der Waals surface area contributed by atoms with Crippen molar-refractivity contribution >= 4 is 35.4 Å². The number of hydrogen-bond donors (Lipinski definition) is 0. The van der Waals surface area contributed by atoms with E-state index in [4.69, 9.17) is 23.2 Å². The van der Waals surface area contributed by atoms with E-state index in [1.165, 1.54) is 0 Å². The number of hydrogen-bond acceptors (Lipinski definition) is 0. The van der Waals surface area contributed by atoms with E-state index in [9.17, 15) is 0 Å². The second-order valence-corrected chi connectivity index (χ2v) is 4.31. The third kappa shape index (κ3) is 3.13. The Kier molecular flexibility index (Phi) is 3.66. The Morgan fingerprint density at radius 3 is 1.19 bits per heavy atom. The first-order valence-electron chi connectivity index (χ1n) is 4.93. The summed E-state index contributed by atoms with van der Waals surface area (Å²) in [5.74, 6) is 0. The lowest BCUT2D eigenvalue weighted by molar-refractivity contribution is 1.64. The highest BCUT2D eigenvalue weighted by Gasteiger charge is 1.89. The molecular weight excluding hydrogens is 239 g/mol. The molecule has 0 saturated heterocycles. The molecule has 0 unspecified atom stereocenters. The Morgan fingerprint density at radius 1 is 0.562 bits per heavy atom. The highest BCUT2D eigenvalue weighted by molar-refractivity contribution is 6.30. The molecule has 2 rings (SSSR count). The number of halogens is 2. The quantitative estimate of drug-likeness (QED) is 0.644. The van der Waals surface area contributed by atoms with Crippen LogP contribution >= 0.6 is 23.2 Å². The summed E-state index contributed by atoms with van der Waals surface area (Å²) in [5, 5.41) is 1.51. The fourth-order valence-electron chi connectivity index (χ4n) is 1.34. The van der Waals surface area contributed by atoms with Crippen molar-refractivity contribution in [3.8, 4) is 0 Å². The van der Waals surface area contributed by atoms with E-state index in [0.717, 1.165) is 21.2 Å². The van der Waals surface area contributed by atoms with Gasteiger partial charge in [0.25, 0.3) is 0 Å². The van der Waals surface area contributed by atoms with E-state index in [1.807, 2.05) is 60.7 Å². The topological polar surface area (TPSA) is 0 Å². The predicted molar refractivity (Wildman–Crippen MR) is 71.8 cm³/mol. The van der Waals surface area contributed by atoms with Crippen LogP contribution in [0.5, 0.6) is 0 Å². The third-order valence-corrected chi connectivity index (χ3v) is 2.71. The molecular formula is C14H10Cl2. The average Bonchev–Trinajstić information content (AvgIpc) is 2.30. The van der Waals surface area contributed by atoms with E-state index < -0.39 is 0 Å². The van der Waals surface area contributed by atoms with Crippen LogP contribution in [0.15, 0.2) is 48.5 Å². The van der Waals surface area contributed by atoms with Gasteiger partial charge in [0.15, 0.2) is 0 Å². The first-order valence-corrected chi connectivity index (χ1v) is 5.69. The van der Waals surface area contributed by atoms with Crippen LogP contribution in [0.25, 0.3) is 12.2 Å². The average molecular weight is 249 g/mol. The molecule has 0 atom stereocenters. The van der Waals surface area contributed by atoms with Crippen LogP contribution in [0.1, 0.15) is 11.1 Å². The highest BCUT2D eigenvalue weighted by atomic mass is 35.5. The molecule has 0 N–H and O–H groups in total. The van der Waals surface area contributed by atoms with Gasteiger partial charge < -0.3 is 0 Å². The lowest BCUT2D eigenvalue weighted by Crippen LogP contribution is -1.72. The molecule has 0 radical (unpaired) electrons. The Labute approximate surface area is 105 Å². The maximum atomic E-state index is 5.81. The fourth-order valence-corrected chi connectivity index (χ4v) is 1.59. The molecule has 0 bridgehead atoms. The second-order valence-electron chi connectivity index (χ2n) is 3.44. The smallest absolute Gasteiger partial charge is 0.0406 e. The molecule has 0 heterocycles. The summed E-state index contributed by atoms with van der Waals surface area (Å²) in [6.07, 6.45) is 4.08. The summed E-state index contributed by atoms with van der Waals surface area (Å²) < 4.78 is 0. The lowest BCUT2D eigenvalue weighted by Gasteiger charge is -1.95. The van der Waals surface area contributed by atoms with Crippen LogP contribution in [0.2, 0.25) is 10.0 Å². The largest absolute Gasteiger partial charge is 0.0843 e. The normalized spacial score (nSPS) is 10.9. The van der Waals surface area contributed by atoms with Crippen LogP contribution in [0, 0.1) is 0 Å². The van der Waals surface area contributed by atoms with Crippen molar-refractivity contribution in [2.45, 2.75) is 0 Å². The summed E-state index contributed by atoms with van der Waals surface area (Å²) in [6.45, 7) is 0. The third-order valence-electron chi connectivity index (χ3n) is 2.21. The zero-order chi connectivity index (χ0) is 11.4. The second kappa shape index (κ2) is 5.20. The van der Waals surface area contributed by atoms with Crippen molar-refractivity contribution in [1.82, 2.24) is 0 Å². The van der Waals surface area contributed by atoms with Crippen LogP contribution in [-0.4, -0.2) is 0 Å². The van der Waals surface area contributed by atoms with Gasteiger partial charge in [0.2, 0.25) is 0 Å². The molecule has 16 heavy (non-hydrogen) atoms. The molecule has 80 valence electrons. The van der Waals surface area contributed by atoms with E-state index in [-0.39, 0.29) is 0 Å². The van der Waals surface area contributed by atoms with Gasteiger partial charge in [-0.1, -0.05) is 59.6 Å². The molecule has 0 aliphatic rings. The molecule has 0 aromatic heterocycles. The van der Waals surface area contributed by atoms with Crippen molar-refractivity contribution in [2.24, 2.45) is 0 Å². The van der Waals surface area contributed by atoms with E-state index in [0.29, 0.717) is 0 Å². The highest BCUT2D eigenvalue weighted by Crippen LogP contribution is 2.14. The van der Waals surface area contributed by atoms with Gasteiger partial charge in [0.05, 0.1) is 0 Å². The van der Waals surface area contributed by atoms with Crippen molar-refractivity contribution in [2.75, 3.05) is 0 Å². The molecule has 0 aliphatic carbocycles. The van der Waals surface area contributed by atoms with Gasteiger partial charge in [0, 0.05) is 10.0 Å². The first-order chi connectivity index (χ1) is 7.74. The molecule has 0 amide bonds. The minimum Gasteiger partial charge on any atom is -0.0843 e. The maximum Gasteiger partial charge on any atom is 0.0406 e. The van der Waals surface area contributed by atoms with Gasteiger partial charge >= 0.3 is 0 Å². The van der Waals surface area contributed by atoms with Gasteiger partial charge in [-0.25, -0.2) is 0 Å². The summed E-state index contributed by atoms with van der Waals surface area (Å²) >= 11 is 11.6. The monoisotopic (exact) mass is 248 g/mol. The Hall–Kier alpha value is -1.24. The summed E-state index contributed by atoms with van der Waals surface area (Å²) in [5.41, 5.74) is 2.25. The summed E-state index contributed by atoms with van der Waals surface area (Å²) in [6, 6.07) is 15.4. The van der Waals surface area contributed by atoms with Gasteiger partial charge in [-0.05, 0) is 35.4 Å². The van der Waals surface area contributed by atoms with Gasteiger partial charge in [-0.15, -0.1) is 0 Å². The van der Waals surface area contributed by atoms with E-state index in [1.54, 1.807) is 0 Å². The minimum absolute atomic E-state index is 0.753. The molecule has 2 aromatic rings. The number of rotatable bonds is 2. The predicted octanol–water partition coefficient (Wildman–Crippen LogP) is 5.16. The van der Waals surface area contributed by atoms with Gasteiger partial charge in [-0.3, -0.25) is 0 Å². The van der Waals surface area contributed by atoms with E-state index in [2.05, 4.69) is 0 Å². The fraction of sp³-hybridized carbons (Fsp3) is 0. The standard InChI is InChI=1S/C14H10Cl2/c15-13-7-3-11(4-8-13)1-2-12-5-9-14(16)10-6-12/h1-10H. The Morgan fingerprint density at radius 2 is 0.875 bits per heavy atom. The van der Waals surface area contributed by atoms with Crippen molar-refractivity contribution in [3.63, 3.8) is 0 Å². The summed E-state index contributed by atoms with van der Waals surface area (Å²) in [7, 11) is 0. The molecule has 0 saturated carbocycles. The lowest BCUT2D eigenvalue weighted by atomic mass is 10.1. The molecule has 2 aromatic carbocycles. The molecule has 0 nitrogen and oxygen atoms in total. The number of benzene rings is 2. The van der Waals surface area contributed by atoms with Crippen molar-refractivity contribution in [3.05, 3.63) is 69.7 Å². The molecule has 0 aliphatic heterocycles. The summed E-state index contributed by atoms with van der Waals surface area (Å²) in [4.78, 5) is 0. The minimum atomic E-state index is 0.753.